The van der Waals surface area contributed by atoms with E-state index in [1.54, 1.807) is 57.2 Å². The third kappa shape index (κ3) is 4.35. The molecule has 0 heterocycles. The Kier molecular flexibility index (Phi) is 5.84. The number of carbonyl (C=O) groups excluding carboxylic acids is 1. The topological polar surface area (TPSA) is 113 Å². The van der Waals surface area contributed by atoms with Gasteiger partial charge in [-0.3, -0.25) is 4.79 Å². The van der Waals surface area contributed by atoms with Gasteiger partial charge in [0.05, 0.1) is 21.9 Å². The first kappa shape index (κ1) is 23.7. The van der Waals surface area contributed by atoms with Crippen molar-refractivity contribution < 1.29 is 13.2 Å². The third-order valence-corrected chi connectivity index (χ3v) is 7.96. The maximum Gasteiger partial charge on any atom is 0.241 e. The summed E-state index contributed by atoms with van der Waals surface area (Å²) < 4.78 is 28.8. The molecule has 7 heteroatoms. The van der Waals surface area contributed by atoms with E-state index in [4.69, 9.17) is 5.73 Å². The second-order valence-electron chi connectivity index (χ2n) is 9.76. The van der Waals surface area contributed by atoms with Gasteiger partial charge in [-0.15, -0.1) is 0 Å². The normalized spacial score (nSPS) is 19.9. The smallest absolute Gasteiger partial charge is 0.241 e. The molecule has 0 saturated heterocycles. The highest BCUT2D eigenvalue weighted by Crippen LogP contribution is 2.60. The summed E-state index contributed by atoms with van der Waals surface area (Å²) in [5.41, 5.74) is 7.93. The quantitative estimate of drug-likeness (QED) is 0.558. The molecular formula is C27H27N3O3S. The van der Waals surface area contributed by atoms with Crippen LogP contribution in [0.3, 0.4) is 0 Å². The van der Waals surface area contributed by atoms with E-state index in [2.05, 4.69) is 10.8 Å². The van der Waals surface area contributed by atoms with Crippen molar-refractivity contribution in [1.82, 2.24) is 4.72 Å². The summed E-state index contributed by atoms with van der Waals surface area (Å²) in [6.45, 7) is 5.39. The van der Waals surface area contributed by atoms with Crippen LogP contribution in [0.5, 0.6) is 0 Å². The number of hydrogen-bond donors (Lipinski definition) is 2. The van der Waals surface area contributed by atoms with Gasteiger partial charge < -0.3 is 5.73 Å². The highest BCUT2D eigenvalue weighted by Gasteiger charge is 2.60. The Balaban J connectivity index is 1.70. The van der Waals surface area contributed by atoms with E-state index in [1.807, 2.05) is 36.4 Å². The number of benzene rings is 3. The Morgan fingerprint density at radius 1 is 1.06 bits per heavy atom. The fourth-order valence-corrected chi connectivity index (χ4v) is 6.22. The molecule has 4 rings (SSSR count). The van der Waals surface area contributed by atoms with Crippen LogP contribution in [0.4, 0.5) is 0 Å². The summed E-state index contributed by atoms with van der Waals surface area (Å²) in [6, 6.07) is 23.6. The van der Waals surface area contributed by atoms with E-state index < -0.39 is 26.9 Å². The molecule has 174 valence electrons. The van der Waals surface area contributed by atoms with Crippen molar-refractivity contribution in [2.45, 2.75) is 49.0 Å². The molecule has 0 spiro atoms. The van der Waals surface area contributed by atoms with Gasteiger partial charge in [-0.05, 0) is 62.1 Å². The lowest BCUT2D eigenvalue weighted by Gasteiger charge is -2.22. The van der Waals surface area contributed by atoms with Gasteiger partial charge in [0.25, 0.3) is 0 Å². The van der Waals surface area contributed by atoms with Crippen LogP contribution in [0, 0.1) is 11.3 Å². The SMILES string of the molecule is CC(C)(C)NS(=O)(=O)c1ccccc1-c1ccc(C2(C(N)=O)CC2c2cccc(C#N)c2)cc1. The minimum Gasteiger partial charge on any atom is -0.369 e. The van der Waals surface area contributed by atoms with Gasteiger partial charge in [0.1, 0.15) is 0 Å². The number of amides is 1. The number of carbonyl (C=O) groups is 1. The van der Waals surface area contributed by atoms with Gasteiger partial charge in [0.2, 0.25) is 15.9 Å². The minimum absolute atomic E-state index is 0.104. The van der Waals surface area contributed by atoms with Crippen molar-refractivity contribution in [3.05, 3.63) is 89.5 Å². The Morgan fingerprint density at radius 3 is 2.35 bits per heavy atom. The minimum atomic E-state index is -3.74. The van der Waals surface area contributed by atoms with Crippen molar-refractivity contribution in [2.75, 3.05) is 0 Å². The zero-order valence-corrected chi connectivity index (χ0v) is 20.2. The molecular weight excluding hydrogens is 446 g/mol. The molecule has 3 aromatic carbocycles. The van der Waals surface area contributed by atoms with E-state index in [0.717, 1.165) is 16.7 Å². The van der Waals surface area contributed by atoms with Crippen molar-refractivity contribution in [3.8, 4) is 17.2 Å². The predicted molar refractivity (Wildman–Crippen MR) is 131 cm³/mol. The van der Waals surface area contributed by atoms with Crippen LogP contribution >= 0.6 is 0 Å². The Bertz CT molecular complexity index is 1400. The molecule has 6 nitrogen and oxygen atoms in total. The van der Waals surface area contributed by atoms with E-state index >= 15 is 0 Å². The fraction of sp³-hybridized carbons (Fsp3) is 0.259. The number of sulfonamides is 1. The molecule has 0 aliphatic heterocycles. The molecule has 3 aromatic rings. The van der Waals surface area contributed by atoms with Gasteiger partial charge in [0.15, 0.2) is 0 Å². The van der Waals surface area contributed by atoms with Crippen LogP contribution in [0.25, 0.3) is 11.1 Å². The molecule has 0 radical (unpaired) electrons. The van der Waals surface area contributed by atoms with Crippen LogP contribution in [0.2, 0.25) is 0 Å². The molecule has 1 aliphatic carbocycles. The number of nitriles is 1. The van der Waals surface area contributed by atoms with Crippen molar-refractivity contribution in [2.24, 2.45) is 5.73 Å². The van der Waals surface area contributed by atoms with Crippen LogP contribution in [-0.2, 0) is 20.2 Å². The number of nitrogens with zero attached hydrogens (tertiary/aromatic N) is 1. The number of rotatable bonds is 6. The number of primary amides is 1. The Hall–Kier alpha value is -3.47. The van der Waals surface area contributed by atoms with Gasteiger partial charge in [-0.2, -0.15) is 5.26 Å². The summed E-state index contributed by atoms with van der Waals surface area (Å²) in [7, 11) is -3.74. The molecule has 0 aromatic heterocycles. The largest absolute Gasteiger partial charge is 0.369 e. The van der Waals surface area contributed by atoms with Crippen LogP contribution in [-0.4, -0.2) is 19.9 Å². The lowest BCUT2D eigenvalue weighted by atomic mass is 9.88. The van der Waals surface area contributed by atoms with E-state index in [1.165, 1.54) is 0 Å². The molecule has 1 amide bonds. The molecule has 1 saturated carbocycles. The first-order valence-electron chi connectivity index (χ1n) is 11.0. The third-order valence-electron chi connectivity index (χ3n) is 6.15. The molecule has 2 atom stereocenters. The number of nitrogens with two attached hydrogens (primary N) is 1. The molecule has 0 bridgehead atoms. The first-order chi connectivity index (χ1) is 16.0. The zero-order valence-electron chi connectivity index (χ0n) is 19.4. The van der Waals surface area contributed by atoms with Crippen LogP contribution in [0.15, 0.2) is 77.7 Å². The van der Waals surface area contributed by atoms with Gasteiger partial charge in [-0.1, -0.05) is 54.6 Å². The van der Waals surface area contributed by atoms with E-state index in [-0.39, 0.29) is 10.8 Å². The van der Waals surface area contributed by atoms with Crippen molar-refractivity contribution in [3.63, 3.8) is 0 Å². The summed E-state index contributed by atoms with van der Waals surface area (Å²) in [6.07, 6.45) is 0.566. The van der Waals surface area contributed by atoms with E-state index in [0.29, 0.717) is 17.5 Å². The second kappa shape index (κ2) is 8.39. The molecule has 34 heavy (non-hydrogen) atoms. The van der Waals surface area contributed by atoms with Crippen LogP contribution < -0.4 is 10.5 Å². The Morgan fingerprint density at radius 2 is 1.74 bits per heavy atom. The first-order valence-corrected chi connectivity index (χ1v) is 12.5. The highest BCUT2D eigenvalue weighted by molar-refractivity contribution is 7.89. The Labute approximate surface area is 200 Å². The highest BCUT2D eigenvalue weighted by atomic mass is 32.2. The summed E-state index contributed by atoms with van der Waals surface area (Å²) in [5.74, 6) is -0.516. The van der Waals surface area contributed by atoms with Crippen molar-refractivity contribution in [1.29, 1.82) is 5.26 Å². The number of nitrogens with one attached hydrogen (secondary N) is 1. The monoisotopic (exact) mass is 473 g/mol. The average Bonchev–Trinajstić information content (AvgIpc) is 3.55. The van der Waals surface area contributed by atoms with E-state index in [9.17, 15) is 18.5 Å². The lowest BCUT2D eigenvalue weighted by Crippen LogP contribution is -2.40. The molecule has 1 aliphatic rings. The van der Waals surface area contributed by atoms with Crippen LogP contribution in [0.1, 0.15) is 49.8 Å². The van der Waals surface area contributed by atoms with Gasteiger partial charge in [0, 0.05) is 17.0 Å². The van der Waals surface area contributed by atoms with Gasteiger partial charge in [-0.25, -0.2) is 13.1 Å². The number of hydrogen-bond acceptors (Lipinski definition) is 4. The summed E-state index contributed by atoms with van der Waals surface area (Å²) in [5, 5.41) is 9.21. The second-order valence-corrected chi connectivity index (χ2v) is 11.4. The average molecular weight is 474 g/mol. The molecule has 1 fully saturated rings. The summed E-state index contributed by atoms with van der Waals surface area (Å²) in [4.78, 5) is 12.8. The lowest BCUT2D eigenvalue weighted by molar-refractivity contribution is -0.120. The summed E-state index contributed by atoms with van der Waals surface area (Å²) >= 11 is 0. The fourth-order valence-electron chi connectivity index (χ4n) is 4.57. The predicted octanol–water partition coefficient (Wildman–Crippen LogP) is 4.21. The molecule has 3 N–H and O–H groups in total. The maximum absolute atomic E-state index is 13.0. The van der Waals surface area contributed by atoms with Gasteiger partial charge >= 0.3 is 0 Å². The maximum atomic E-state index is 13.0. The van der Waals surface area contributed by atoms with Crippen molar-refractivity contribution >= 4 is 15.9 Å². The zero-order chi connectivity index (χ0) is 24.7. The molecule has 2 unspecified atom stereocenters. The standard InChI is InChI=1S/C27H27N3O3S/c1-26(2,3)30-34(32,33)24-10-5-4-9-22(24)19-11-13-21(14-12-19)27(25(29)31)16-23(27)20-8-6-7-18(15-20)17-28/h4-15,23,30H,16H2,1-3H3,(H2,29,31).